The van der Waals surface area contributed by atoms with E-state index in [4.69, 9.17) is 5.73 Å². The van der Waals surface area contributed by atoms with Crippen LogP contribution in [0, 0.1) is 5.92 Å². The van der Waals surface area contributed by atoms with E-state index in [1.54, 1.807) is 0 Å². The van der Waals surface area contributed by atoms with Crippen molar-refractivity contribution < 1.29 is 34.5 Å². The van der Waals surface area contributed by atoms with Crippen LogP contribution >= 0.6 is 12.6 Å². The van der Waals surface area contributed by atoms with Crippen LogP contribution in [-0.4, -0.2) is 75.0 Å². The summed E-state index contributed by atoms with van der Waals surface area (Å²) in [6.45, 7) is 4.95. The molecule has 1 rings (SSSR count). The summed E-state index contributed by atoms with van der Waals surface area (Å²) in [4.78, 5) is 49.5. The smallest absolute Gasteiger partial charge is 0.326 e. The Morgan fingerprint density at radius 3 is 1.97 bits per heavy atom. The number of thiol groups is 1. The molecule has 0 aliphatic heterocycles. The fraction of sp³-hybridized carbons (Fsp3) is 0.545. The van der Waals surface area contributed by atoms with Gasteiger partial charge in [-0.2, -0.15) is 12.6 Å². The molecule has 0 aliphatic rings. The number of rotatable bonds is 13. The zero-order valence-electron chi connectivity index (χ0n) is 19.4. The number of benzene rings is 1. The summed E-state index contributed by atoms with van der Waals surface area (Å²) < 4.78 is 0. The summed E-state index contributed by atoms with van der Waals surface area (Å²) in [5.41, 5.74) is 6.20. The highest BCUT2D eigenvalue weighted by Crippen LogP contribution is 2.12. The number of aliphatic hydroxyl groups is 1. The van der Waals surface area contributed by atoms with Crippen LogP contribution in [0.25, 0.3) is 0 Å². The summed E-state index contributed by atoms with van der Waals surface area (Å²) in [6, 6.07) is 1.02. The Morgan fingerprint density at radius 2 is 1.50 bits per heavy atom. The van der Waals surface area contributed by atoms with Crippen molar-refractivity contribution in [2.75, 3.05) is 5.75 Å². The first-order valence-corrected chi connectivity index (χ1v) is 11.4. The Morgan fingerprint density at radius 1 is 0.941 bits per heavy atom. The molecule has 34 heavy (non-hydrogen) atoms. The molecule has 0 fully saturated rings. The van der Waals surface area contributed by atoms with Crippen LogP contribution in [0.1, 0.15) is 32.8 Å². The monoisotopic (exact) mass is 498 g/mol. The number of aliphatic carboxylic acids is 1. The number of aromatic hydroxyl groups is 1. The number of hydrogen-bond donors (Lipinski definition) is 8. The van der Waals surface area contributed by atoms with E-state index in [9.17, 15) is 34.5 Å². The van der Waals surface area contributed by atoms with Gasteiger partial charge in [-0.15, -0.1) is 0 Å². The third-order valence-corrected chi connectivity index (χ3v) is 5.32. The molecule has 11 nitrogen and oxygen atoms in total. The number of nitrogens with one attached hydrogen (secondary N) is 3. The van der Waals surface area contributed by atoms with Gasteiger partial charge in [0.05, 0.1) is 12.1 Å². The summed E-state index contributed by atoms with van der Waals surface area (Å²) in [5, 5.41) is 36.2. The number of carbonyl (C=O) groups excluding carboxylic acids is 3. The topological polar surface area (TPSA) is 191 Å². The number of aliphatic hydroxyl groups excluding tert-OH is 1. The molecule has 0 bridgehead atoms. The molecular weight excluding hydrogens is 464 g/mol. The molecule has 0 saturated carbocycles. The van der Waals surface area contributed by atoms with Gasteiger partial charge in [0.1, 0.15) is 23.9 Å². The molecule has 0 aliphatic carbocycles. The summed E-state index contributed by atoms with van der Waals surface area (Å²) in [7, 11) is 0. The summed E-state index contributed by atoms with van der Waals surface area (Å²) in [6.07, 6.45) is -1.21. The van der Waals surface area contributed by atoms with E-state index >= 15 is 0 Å². The lowest BCUT2D eigenvalue weighted by Gasteiger charge is -2.27. The van der Waals surface area contributed by atoms with Crippen molar-refractivity contribution >= 4 is 36.3 Å². The second kappa shape index (κ2) is 13.8. The molecular formula is C22H34N4O7S. The molecule has 1 aromatic rings. The number of hydrogen-bond acceptors (Lipinski definition) is 8. The first-order chi connectivity index (χ1) is 15.8. The Hall–Kier alpha value is -2.83. The molecule has 5 unspecified atom stereocenters. The first kappa shape index (κ1) is 29.2. The van der Waals surface area contributed by atoms with Crippen molar-refractivity contribution in [3.8, 4) is 5.75 Å². The van der Waals surface area contributed by atoms with Gasteiger partial charge in [0, 0.05) is 12.2 Å². The predicted molar refractivity (Wildman–Crippen MR) is 128 cm³/mol. The van der Waals surface area contributed by atoms with Gasteiger partial charge in [-0.1, -0.05) is 26.0 Å². The molecule has 12 heteroatoms. The molecule has 5 atom stereocenters. The summed E-state index contributed by atoms with van der Waals surface area (Å²) >= 11 is 3.96. The quantitative estimate of drug-likeness (QED) is 0.161. The molecule has 3 amide bonds. The van der Waals surface area contributed by atoms with Crippen molar-refractivity contribution in [3.63, 3.8) is 0 Å². The molecule has 0 heterocycles. The van der Waals surface area contributed by atoms with Crippen molar-refractivity contribution in [2.45, 2.75) is 63.9 Å². The third-order valence-electron chi connectivity index (χ3n) is 4.93. The van der Waals surface area contributed by atoms with E-state index in [0.717, 1.165) is 0 Å². The highest BCUT2D eigenvalue weighted by Gasteiger charge is 2.33. The zero-order valence-corrected chi connectivity index (χ0v) is 20.3. The average molecular weight is 499 g/mol. The molecule has 0 aromatic heterocycles. The lowest BCUT2D eigenvalue weighted by atomic mass is 10.0. The fourth-order valence-corrected chi connectivity index (χ4v) is 3.22. The molecule has 0 spiro atoms. The van der Waals surface area contributed by atoms with Crippen molar-refractivity contribution in [3.05, 3.63) is 29.8 Å². The van der Waals surface area contributed by atoms with Gasteiger partial charge < -0.3 is 37.0 Å². The van der Waals surface area contributed by atoms with E-state index in [0.29, 0.717) is 5.56 Å². The van der Waals surface area contributed by atoms with Crippen molar-refractivity contribution in [1.29, 1.82) is 0 Å². The normalized spacial score (nSPS) is 15.5. The lowest BCUT2D eigenvalue weighted by Crippen LogP contribution is -2.60. The van der Waals surface area contributed by atoms with Crippen LogP contribution in [0.3, 0.4) is 0 Å². The Bertz CT molecular complexity index is 848. The van der Waals surface area contributed by atoms with Crippen LogP contribution in [0.5, 0.6) is 5.75 Å². The molecule has 0 radical (unpaired) electrons. The van der Waals surface area contributed by atoms with E-state index in [2.05, 4.69) is 28.6 Å². The largest absolute Gasteiger partial charge is 0.508 e. The van der Waals surface area contributed by atoms with Crippen LogP contribution < -0.4 is 21.7 Å². The standard InChI is InChI=1S/C22H34N4O7S/c1-11(2)8-16(24-19(29)15(23)10-34)20(30)26-18(12(3)27)21(31)25-17(22(32)33)9-13-4-6-14(28)7-5-13/h4-7,11-12,15-18,27-28,34H,8-10,23H2,1-3H3,(H,24,29)(H,25,31)(H,26,30)(H,32,33). The van der Waals surface area contributed by atoms with Gasteiger partial charge in [-0.05, 0) is 37.0 Å². The SMILES string of the molecule is CC(C)CC(NC(=O)C(N)CS)C(=O)NC(C(=O)NC(Cc1ccc(O)cc1)C(=O)O)C(C)O. The fourth-order valence-electron chi connectivity index (χ4n) is 3.05. The number of nitrogens with two attached hydrogens (primary N) is 1. The second-order valence-electron chi connectivity index (χ2n) is 8.48. The average Bonchev–Trinajstić information content (AvgIpc) is 2.76. The molecule has 8 N–H and O–H groups in total. The van der Waals surface area contributed by atoms with E-state index < -0.39 is 54.0 Å². The highest BCUT2D eigenvalue weighted by atomic mass is 32.1. The Kier molecular flexibility index (Phi) is 11.8. The number of phenols is 1. The predicted octanol–water partition coefficient (Wildman–Crippen LogP) is -0.842. The van der Waals surface area contributed by atoms with Crippen LogP contribution in [0.2, 0.25) is 0 Å². The van der Waals surface area contributed by atoms with Gasteiger partial charge in [0.2, 0.25) is 17.7 Å². The highest BCUT2D eigenvalue weighted by molar-refractivity contribution is 7.80. The third kappa shape index (κ3) is 9.57. The molecule has 0 saturated heterocycles. The van der Waals surface area contributed by atoms with Crippen molar-refractivity contribution in [2.24, 2.45) is 11.7 Å². The number of amides is 3. The molecule has 1 aromatic carbocycles. The van der Waals surface area contributed by atoms with Gasteiger partial charge in [-0.3, -0.25) is 14.4 Å². The summed E-state index contributed by atoms with van der Waals surface area (Å²) in [5.74, 6) is -3.45. The van der Waals surface area contributed by atoms with E-state index in [1.807, 2.05) is 13.8 Å². The lowest BCUT2D eigenvalue weighted by molar-refractivity contribution is -0.143. The van der Waals surface area contributed by atoms with Crippen LogP contribution in [0.15, 0.2) is 24.3 Å². The van der Waals surface area contributed by atoms with E-state index in [1.165, 1.54) is 31.2 Å². The second-order valence-corrected chi connectivity index (χ2v) is 8.84. The Labute approximate surface area is 203 Å². The number of carbonyl (C=O) groups is 4. The maximum atomic E-state index is 12.9. The number of carboxylic acids is 1. The minimum Gasteiger partial charge on any atom is -0.508 e. The number of carboxylic acid groups (broad SMARTS) is 1. The Balaban J connectivity index is 2.96. The zero-order chi connectivity index (χ0) is 26.0. The van der Waals surface area contributed by atoms with E-state index in [-0.39, 0.29) is 30.3 Å². The van der Waals surface area contributed by atoms with Crippen LogP contribution in [-0.2, 0) is 25.6 Å². The van der Waals surface area contributed by atoms with Gasteiger partial charge in [-0.25, -0.2) is 4.79 Å². The first-order valence-electron chi connectivity index (χ1n) is 10.8. The van der Waals surface area contributed by atoms with Crippen molar-refractivity contribution in [1.82, 2.24) is 16.0 Å². The van der Waals surface area contributed by atoms with Gasteiger partial charge in [0.15, 0.2) is 0 Å². The minimum absolute atomic E-state index is 0.00352. The maximum Gasteiger partial charge on any atom is 0.326 e. The number of phenolic OH excluding ortho intramolecular Hbond substituents is 1. The van der Waals surface area contributed by atoms with Gasteiger partial charge >= 0.3 is 5.97 Å². The van der Waals surface area contributed by atoms with Gasteiger partial charge in [0.25, 0.3) is 0 Å². The minimum atomic E-state index is -1.47. The molecule has 190 valence electrons. The van der Waals surface area contributed by atoms with Crippen LogP contribution in [0.4, 0.5) is 0 Å². The maximum absolute atomic E-state index is 12.9.